The van der Waals surface area contributed by atoms with Crippen molar-refractivity contribution in [2.45, 2.75) is 52.0 Å². The minimum absolute atomic E-state index is 0.327. The Morgan fingerprint density at radius 2 is 1.87 bits per heavy atom. The van der Waals surface area contributed by atoms with Gasteiger partial charge in [-0.05, 0) is 25.2 Å². The third-order valence-corrected chi connectivity index (χ3v) is 4.80. The van der Waals surface area contributed by atoms with Crippen molar-refractivity contribution in [3.05, 3.63) is 0 Å². The highest BCUT2D eigenvalue weighted by molar-refractivity contribution is 8.13. The molecule has 0 atom stereocenters. The van der Waals surface area contributed by atoms with Gasteiger partial charge < -0.3 is 5.32 Å². The largest absolute Gasteiger partial charge is 0.360 e. The molecule has 3 heteroatoms. The molecule has 1 fully saturated rings. The van der Waals surface area contributed by atoms with Gasteiger partial charge in [-0.3, -0.25) is 4.99 Å². The molecule has 2 rings (SSSR count). The Morgan fingerprint density at radius 1 is 1.20 bits per heavy atom. The highest BCUT2D eigenvalue weighted by atomic mass is 32.2. The summed E-state index contributed by atoms with van der Waals surface area (Å²) in [5.74, 6) is 1.19. The molecule has 1 saturated carbocycles. The lowest BCUT2D eigenvalue weighted by molar-refractivity contribution is 0.418. The Hall–Kier alpha value is -0.180. The first-order valence-corrected chi connectivity index (χ1v) is 6.93. The van der Waals surface area contributed by atoms with Crippen molar-refractivity contribution in [2.75, 3.05) is 12.3 Å². The van der Waals surface area contributed by atoms with Gasteiger partial charge in [-0.1, -0.05) is 38.5 Å². The molecule has 2 nitrogen and oxygen atoms in total. The Kier molecular flexibility index (Phi) is 3.02. The van der Waals surface area contributed by atoms with Crippen molar-refractivity contribution >= 4 is 16.9 Å². The van der Waals surface area contributed by atoms with Crippen LogP contribution >= 0.6 is 11.8 Å². The Balaban J connectivity index is 1.93. The van der Waals surface area contributed by atoms with Crippen LogP contribution in [0.15, 0.2) is 4.99 Å². The molecule has 2 aliphatic rings. The van der Waals surface area contributed by atoms with Crippen LogP contribution < -0.4 is 5.32 Å². The van der Waals surface area contributed by atoms with Crippen LogP contribution in [0, 0.1) is 5.41 Å². The van der Waals surface area contributed by atoms with E-state index < -0.39 is 0 Å². The van der Waals surface area contributed by atoms with E-state index >= 15 is 0 Å². The van der Waals surface area contributed by atoms with Crippen LogP contribution in [-0.2, 0) is 0 Å². The van der Waals surface area contributed by atoms with E-state index in [2.05, 4.69) is 31.1 Å². The quantitative estimate of drug-likeness (QED) is 0.743. The number of hydrogen-bond donors (Lipinski definition) is 1. The summed E-state index contributed by atoms with van der Waals surface area (Å²) in [6.45, 7) is 7.89. The minimum atomic E-state index is 0.327. The Morgan fingerprint density at radius 3 is 2.40 bits per heavy atom. The average Bonchev–Trinajstić information content (AvgIpc) is 2.57. The number of nitrogens with zero attached hydrogens (tertiary/aromatic N) is 1. The Labute approximate surface area is 97.3 Å². The zero-order chi connectivity index (χ0) is 10.9. The molecule has 0 aromatic rings. The van der Waals surface area contributed by atoms with Crippen molar-refractivity contribution in [1.82, 2.24) is 5.32 Å². The lowest BCUT2D eigenvalue weighted by atomic mass is 9.97. The van der Waals surface area contributed by atoms with Crippen molar-refractivity contribution in [3.63, 3.8) is 0 Å². The van der Waals surface area contributed by atoms with E-state index in [0.717, 1.165) is 6.54 Å². The molecule has 0 aromatic heterocycles. The highest BCUT2D eigenvalue weighted by Gasteiger charge is 2.31. The summed E-state index contributed by atoms with van der Waals surface area (Å²) in [7, 11) is 0. The van der Waals surface area contributed by atoms with Crippen molar-refractivity contribution in [1.29, 1.82) is 0 Å². The van der Waals surface area contributed by atoms with E-state index in [1.54, 1.807) is 0 Å². The van der Waals surface area contributed by atoms with E-state index in [0.29, 0.717) is 11.0 Å². The molecule has 0 aromatic carbocycles. The first kappa shape index (κ1) is 11.3. The summed E-state index contributed by atoms with van der Waals surface area (Å²) < 4.78 is 0. The predicted molar refractivity (Wildman–Crippen MR) is 68.5 cm³/mol. The molecule has 15 heavy (non-hydrogen) atoms. The second kappa shape index (κ2) is 4.00. The number of aliphatic imine (C=N–C) groups is 1. The van der Waals surface area contributed by atoms with E-state index in [1.165, 1.54) is 36.6 Å². The molecule has 1 N–H and O–H groups in total. The molecule has 1 aliphatic heterocycles. The van der Waals surface area contributed by atoms with Gasteiger partial charge in [0.15, 0.2) is 5.17 Å². The molecule has 1 aliphatic carbocycles. The van der Waals surface area contributed by atoms with Crippen LogP contribution in [0.2, 0.25) is 0 Å². The number of hydrogen-bond acceptors (Lipinski definition) is 3. The minimum Gasteiger partial charge on any atom is -0.360 e. The lowest BCUT2D eigenvalue weighted by Gasteiger charge is -2.32. The number of amidine groups is 1. The molecule has 0 unspecified atom stereocenters. The summed E-state index contributed by atoms with van der Waals surface area (Å²) in [5.41, 5.74) is 0.708. The van der Waals surface area contributed by atoms with Gasteiger partial charge in [0, 0.05) is 17.8 Å². The molecular weight excluding hydrogens is 204 g/mol. The summed E-state index contributed by atoms with van der Waals surface area (Å²) in [6, 6.07) is 0. The summed E-state index contributed by atoms with van der Waals surface area (Å²) >= 11 is 1.89. The third kappa shape index (κ3) is 2.90. The smallest absolute Gasteiger partial charge is 0.157 e. The fourth-order valence-electron chi connectivity index (χ4n) is 2.25. The van der Waals surface area contributed by atoms with Crippen LogP contribution in [0.3, 0.4) is 0 Å². The molecule has 0 spiro atoms. The average molecular weight is 226 g/mol. The van der Waals surface area contributed by atoms with Gasteiger partial charge in [0.1, 0.15) is 0 Å². The first-order valence-electron chi connectivity index (χ1n) is 5.95. The lowest BCUT2D eigenvalue weighted by Crippen LogP contribution is -2.44. The summed E-state index contributed by atoms with van der Waals surface area (Å²) in [6.07, 6.45) is 5.34. The van der Waals surface area contributed by atoms with E-state index in [-0.39, 0.29) is 0 Å². The first-order chi connectivity index (χ1) is 6.99. The molecule has 86 valence electrons. The molecule has 0 amide bonds. The highest BCUT2D eigenvalue weighted by Crippen LogP contribution is 2.32. The van der Waals surface area contributed by atoms with Gasteiger partial charge >= 0.3 is 0 Å². The molecule has 0 radical (unpaired) electrons. The Bertz CT molecular complexity index is 265. The SMILES string of the molecule is CC1(C)CN=C(NC2(C)CCCC2)SC1. The van der Waals surface area contributed by atoms with Gasteiger partial charge in [-0.2, -0.15) is 0 Å². The maximum absolute atomic E-state index is 4.66. The fraction of sp³-hybridized carbons (Fsp3) is 0.917. The standard InChI is InChI=1S/C12H22N2S/c1-11(2)8-13-10(15-9-11)14-12(3)6-4-5-7-12/h4-9H2,1-3H3,(H,13,14). The number of thioether (sulfide) groups is 1. The second-order valence-corrected chi connectivity index (χ2v) is 6.93. The predicted octanol–water partition coefficient (Wildman–Crippen LogP) is 3.04. The number of rotatable bonds is 1. The van der Waals surface area contributed by atoms with Crippen molar-refractivity contribution in [3.8, 4) is 0 Å². The van der Waals surface area contributed by atoms with Crippen LogP contribution in [0.5, 0.6) is 0 Å². The van der Waals surface area contributed by atoms with E-state index in [1.807, 2.05) is 11.8 Å². The van der Waals surface area contributed by atoms with Gasteiger partial charge in [0.05, 0.1) is 0 Å². The third-order valence-electron chi connectivity index (χ3n) is 3.37. The van der Waals surface area contributed by atoms with E-state index in [4.69, 9.17) is 0 Å². The summed E-state index contributed by atoms with van der Waals surface area (Å²) in [4.78, 5) is 4.66. The second-order valence-electron chi connectivity index (χ2n) is 5.97. The van der Waals surface area contributed by atoms with Gasteiger partial charge in [0.25, 0.3) is 0 Å². The zero-order valence-electron chi connectivity index (χ0n) is 10.1. The van der Waals surface area contributed by atoms with Crippen molar-refractivity contribution < 1.29 is 0 Å². The zero-order valence-corrected chi connectivity index (χ0v) is 10.9. The van der Waals surface area contributed by atoms with Crippen LogP contribution in [-0.4, -0.2) is 23.0 Å². The molecular formula is C12H22N2S. The molecule has 1 heterocycles. The normalized spacial score (nSPS) is 28.6. The van der Waals surface area contributed by atoms with Gasteiger partial charge in [-0.25, -0.2) is 0 Å². The van der Waals surface area contributed by atoms with Crippen LogP contribution in [0.25, 0.3) is 0 Å². The summed E-state index contributed by atoms with van der Waals surface area (Å²) in [5, 5.41) is 4.82. The maximum atomic E-state index is 4.66. The molecule has 0 bridgehead atoms. The van der Waals surface area contributed by atoms with E-state index in [9.17, 15) is 0 Å². The molecule has 0 saturated heterocycles. The van der Waals surface area contributed by atoms with Gasteiger partial charge in [0.2, 0.25) is 0 Å². The topological polar surface area (TPSA) is 24.4 Å². The van der Waals surface area contributed by atoms with Crippen LogP contribution in [0.1, 0.15) is 46.5 Å². The fourth-order valence-corrected chi connectivity index (χ4v) is 3.35. The number of nitrogens with one attached hydrogen (secondary N) is 1. The van der Waals surface area contributed by atoms with Crippen molar-refractivity contribution in [2.24, 2.45) is 10.4 Å². The van der Waals surface area contributed by atoms with Gasteiger partial charge in [-0.15, -0.1) is 0 Å². The van der Waals surface area contributed by atoms with Crippen LogP contribution in [0.4, 0.5) is 0 Å². The maximum Gasteiger partial charge on any atom is 0.157 e. The monoisotopic (exact) mass is 226 g/mol.